The highest BCUT2D eigenvalue weighted by Gasteiger charge is 2.39. The molecule has 3 fully saturated rings. The molecule has 5 nitrogen and oxygen atoms in total. The zero-order valence-corrected chi connectivity index (χ0v) is 13.9. The number of aliphatic imine (C=N–C) groups is 1. The predicted molar refractivity (Wildman–Crippen MR) is 88.8 cm³/mol. The van der Waals surface area contributed by atoms with Crippen molar-refractivity contribution in [1.82, 2.24) is 15.5 Å². The predicted octanol–water partition coefficient (Wildman–Crippen LogP) is 1.74. The van der Waals surface area contributed by atoms with Gasteiger partial charge in [-0.25, -0.2) is 0 Å². The maximum Gasteiger partial charge on any atom is 0.223 e. The first-order valence-electron chi connectivity index (χ1n) is 8.96. The molecule has 1 heterocycles. The molecule has 2 aliphatic carbocycles. The van der Waals surface area contributed by atoms with E-state index >= 15 is 0 Å². The number of carbonyl (C=O) groups is 1. The molecule has 1 aliphatic heterocycles. The van der Waals surface area contributed by atoms with E-state index in [4.69, 9.17) is 0 Å². The first-order chi connectivity index (χ1) is 10.7. The second kappa shape index (κ2) is 6.88. The number of nitrogens with one attached hydrogen (secondary N) is 2. The minimum Gasteiger partial charge on any atom is -0.354 e. The first-order valence-corrected chi connectivity index (χ1v) is 8.96. The molecule has 1 saturated heterocycles. The van der Waals surface area contributed by atoms with E-state index in [2.05, 4.69) is 20.5 Å². The lowest BCUT2D eigenvalue weighted by atomic mass is 9.73. The van der Waals surface area contributed by atoms with Gasteiger partial charge in [-0.1, -0.05) is 19.3 Å². The van der Waals surface area contributed by atoms with Gasteiger partial charge in [-0.2, -0.15) is 0 Å². The van der Waals surface area contributed by atoms with Crippen molar-refractivity contribution < 1.29 is 4.79 Å². The second-order valence-electron chi connectivity index (χ2n) is 7.27. The molecule has 2 saturated carbocycles. The lowest BCUT2D eigenvalue weighted by Crippen LogP contribution is -2.44. The summed E-state index contributed by atoms with van der Waals surface area (Å²) in [5, 5.41) is 6.41. The molecule has 2 N–H and O–H groups in total. The third-order valence-corrected chi connectivity index (χ3v) is 5.52. The van der Waals surface area contributed by atoms with Crippen LogP contribution >= 0.6 is 0 Å². The molecule has 0 unspecified atom stereocenters. The van der Waals surface area contributed by atoms with Crippen molar-refractivity contribution in [2.75, 3.05) is 33.2 Å². The zero-order chi connectivity index (χ0) is 15.4. The van der Waals surface area contributed by atoms with E-state index in [1.165, 1.54) is 38.5 Å². The van der Waals surface area contributed by atoms with E-state index in [1.54, 1.807) is 0 Å². The van der Waals surface area contributed by atoms with Gasteiger partial charge in [-0.15, -0.1) is 0 Å². The summed E-state index contributed by atoms with van der Waals surface area (Å²) in [6, 6.07) is 0. The minimum absolute atomic E-state index is 0.221. The van der Waals surface area contributed by atoms with E-state index in [0.29, 0.717) is 17.9 Å². The van der Waals surface area contributed by atoms with Gasteiger partial charge in [0.15, 0.2) is 5.96 Å². The summed E-state index contributed by atoms with van der Waals surface area (Å²) >= 11 is 0. The SMILES string of the molecule is CN=C(NCCNC(=O)C1CC1)N1CCC2(CCCCC2)C1. The van der Waals surface area contributed by atoms with E-state index in [0.717, 1.165) is 38.4 Å². The Morgan fingerprint density at radius 2 is 1.86 bits per heavy atom. The average molecular weight is 306 g/mol. The number of amides is 1. The van der Waals surface area contributed by atoms with Crippen LogP contribution in [0.5, 0.6) is 0 Å². The molecule has 0 radical (unpaired) electrons. The van der Waals surface area contributed by atoms with E-state index < -0.39 is 0 Å². The van der Waals surface area contributed by atoms with Crippen LogP contribution in [-0.4, -0.2) is 50.0 Å². The molecule has 1 amide bonds. The maximum atomic E-state index is 11.6. The van der Waals surface area contributed by atoms with Crippen LogP contribution in [0.2, 0.25) is 0 Å². The average Bonchev–Trinajstić information content (AvgIpc) is 3.32. The standard InChI is InChI=1S/C17H30N4O/c1-18-16(20-11-10-19-15(22)14-5-6-14)21-12-9-17(13-21)7-3-2-4-8-17/h14H,2-13H2,1H3,(H,18,20)(H,19,22). The molecule has 0 aromatic heterocycles. The van der Waals surface area contributed by atoms with E-state index in [9.17, 15) is 4.79 Å². The summed E-state index contributed by atoms with van der Waals surface area (Å²) < 4.78 is 0. The largest absolute Gasteiger partial charge is 0.354 e. The molecule has 3 rings (SSSR count). The third kappa shape index (κ3) is 3.73. The Morgan fingerprint density at radius 3 is 2.55 bits per heavy atom. The fraction of sp³-hybridized carbons (Fsp3) is 0.882. The normalized spacial score (nSPS) is 24.6. The van der Waals surface area contributed by atoms with Gasteiger partial charge in [-0.05, 0) is 37.5 Å². The quantitative estimate of drug-likeness (QED) is 0.472. The Labute approximate surface area is 133 Å². The molecule has 0 bridgehead atoms. The molecular weight excluding hydrogens is 276 g/mol. The molecular formula is C17H30N4O. The van der Waals surface area contributed by atoms with E-state index in [1.807, 2.05) is 7.05 Å². The lowest BCUT2D eigenvalue weighted by Gasteiger charge is -2.33. The summed E-state index contributed by atoms with van der Waals surface area (Å²) in [6.07, 6.45) is 10.4. The van der Waals surface area contributed by atoms with Gasteiger partial charge in [0.1, 0.15) is 0 Å². The van der Waals surface area contributed by atoms with E-state index in [-0.39, 0.29) is 5.91 Å². The monoisotopic (exact) mass is 306 g/mol. The van der Waals surface area contributed by atoms with Crippen molar-refractivity contribution in [3.8, 4) is 0 Å². The van der Waals surface area contributed by atoms with Crippen molar-refractivity contribution >= 4 is 11.9 Å². The van der Waals surface area contributed by atoms with Gasteiger partial charge in [0, 0.05) is 39.1 Å². The molecule has 0 atom stereocenters. The summed E-state index contributed by atoms with van der Waals surface area (Å²) in [4.78, 5) is 18.4. The van der Waals surface area contributed by atoms with Crippen LogP contribution in [0.15, 0.2) is 4.99 Å². The summed E-state index contributed by atoms with van der Waals surface area (Å²) in [5.74, 6) is 1.52. The number of rotatable bonds is 4. The molecule has 0 aromatic rings. The van der Waals surface area contributed by atoms with Crippen LogP contribution in [0.4, 0.5) is 0 Å². The van der Waals surface area contributed by atoms with Crippen LogP contribution in [0.1, 0.15) is 51.4 Å². The van der Waals surface area contributed by atoms with Gasteiger partial charge in [0.05, 0.1) is 0 Å². The maximum absolute atomic E-state index is 11.6. The number of likely N-dealkylation sites (tertiary alicyclic amines) is 1. The summed E-state index contributed by atoms with van der Waals surface area (Å²) in [6.45, 7) is 3.72. The third-order valence-electron chi connectivity index (χ3n) is 5.52. The van der Waals surface area contributed by atoms with Crippen LogP contribution in [-0.2, 0) is 4.79 Å². The van der Waals surface area contributed by atoms with Crippen molar-refractivity contribution in [3.63, 3.8) is 0 Å². The van der Waals surface area contributed by atoms with Crippen LogP contribution in [0.25, 0.3) is 0 Å². The number of hydrogen-bond donors (Lipinski definition) is 2. The number of guanidine groups is 1. The van der Waals surface area contributed by atoms with Crippen molar-refractivity contribution in [3.05, 3.63) is 0 Å². The fourth-order valence-electron chi connectivity index (χ4n) is 4.01. The van der Waals surface area contributed by atoms with Crippen molar-refractivity contribution in [1.29, 1.82) is 0 Å². The van der Waals surface area contributed by atoms with Gasteiger partial charge >= 0.3 is 0 Å². The Morgan fingerprint density at radius 1 is 1.14 bits per heavy atom. The van der Waals surface area contributed by atoms with Gasteiger partial charge in [0.25, 0.3) is 0 Å². The van der Waals surface area contributed by atoms with Crippen LogP contribution < -0.4 is 10.6 Å². The molecule has 1 spiro atoms. The zero-order valence-electron chi connectivity index (χ0n) is 13.9. The molecule has 124 valence electrons. The molecule has 22 heavy (non-hydrogen) atoms. The number of carbonyl (C=O) groups excluding carboxylic acids is 1. The minimum atomic E-state index is 0.221. The highest BCUT2D eigenvalue weighted by Crippen LogP contribution is 2.43. The summed E-state index contributed by atoms with van der Waals surface area (Å²) in [7, 11) is 1.86. The van der Waals surface area contributed by atoms with Crippen LogP contribution in [0.3, 0.4) is 0 Å². The number of nitrogens with zero attached hydrogens (tertiary/aromatic N) is 2. The Hall–Kier alpha value is -1.26. The highest BCUT2D eigenvalue weighted by molar-refractivity contribution is 5.81. The lowest BCUT2D eigenvalue weighted by molar-refractivity contribution is -0.122. The second-order valence-corrected chi connectivity index (χ2v) is 7.27. The Bertz CT molecular complexity index is 424. The fourth-order valence-corrected chi connectivity index (χ4v) is 4.01. The molecule has 5 heteroatoms. The van der Waals surface area contributed by atoms with Crippen LogP contribution in [0, 0.1) is 11.3 Å². The Balaban J connectivity index is 1.40. The summed E-state index contributed by atoms with van der Waals surface area (Å²) in [5.41, 5.74) is 0.552. The van der Waals surface area contributed by atoms with Gasteiger partial charge < -0.3 is 15.5 Å². The highest BCUT2D eigenvalue weighted by atomic mass is 16.2. The van der Waals surface area contributed by atoms with Crippen molar-refractivity contribution in [2.45, 2.75) is 51.4 Å². The molecule has 0 aromatic carbocycles. The van der Waals surface area contributed by atoms with Crippen molar-refractivity contribution in [2.24, 2.45) is 16.3 Å². The van der Waals surface area contributed by atoms with Gasteiger partial charge in [-0.3, -0.25) is 9.79 Å². The molecule has 3 aliphatic rings. The topological polar surface area (TPSA) is 56.7 Å². The van der Waals surface area contributed by atoms with Gasteiger partial charge in [0.2, 0.25) is 5.91 Å². The smallest absolute Gasteiger partial charge is 0.223 e. The number of hydrogen-bond acceptors (Lipinski definition) is 2. The first kappa shape index (κ1) is 15.6. The Kier molecular flexibility index (Phi) is 4.89.